The van der Waals surface area contributed by atoms with Crippen LogP contribution in [0.3, 0.4) is 0 Å². The number of para-hydroxylation sites is 1. The van der Waals surface area contributed by atoms with E-state index in [9.17, 15) is 18.0 Å². The van der Waals surface area contributed by atoms with E-state index >= 15 is 0 Å². The van der Waals surface area contributed by atoms with Gasteiger partial charge in [0, 0.05) is 13.1 Å². The number of ether oxygens (including phenoxy) is 3. The van der Waals surface area contributed by atoms with Crippen LogP contribution in [0.1, 0.15) is 18.1 Å². The van der Waals surface area contributed by atoms with E-state index in [1.807, 2.05) is 6.07 Å². The molecule has 0 unspecified atom stereocenters. The number of carbonyl (C=O) groups excluding carboxylic acids is 1. The maximum atomic E-state index is 13.0. The van der Waals surface area contributed by atoms with Gasteiger partial charge in [0.05, 0.1) is 5.56 Å². The summed E-state index contributed by atoms with van der Waals surface area (Å²) in [6.07, 6.45) is -4.55. The summed E-state index contributed by atoms with van der Waals surface area (Å²) >= 11 is 0. The number of likely N-dealkylation sites (N-methyl/N-ethyl adjacent to an activating group) is 1. The predicted octanol–water partition coefficient (Wildman–Crippen LogP) is 3.86. The second-order valence-corrected chi connectivity index (χ2v) is 5.88. The lowest BCUT2D eigenvalue weighted by atomic mass is 10.2. The van der Waals surface area contributed by atoms with Gasteiger partial charge < -0.3 is 19.1 Å². The van der Waals surface area contributed by atoms with Crippen molar-refractivity contribution in [2.24, 2.45) is 0 Å². The lowest BCUT2D eigenvalue weighted by Gasteiger charge is -2.22. The molecule has 2 aromatic carbocycles. The van der Waals surface area contributed by atoms with E-state index in [0.717, 1.165) is 11.6 Å². The summed E-state index contributed by atoms with van der Waals surface area (Å²) in [5.74, 6) is 0.469. The summed E-state index contributed by atoms with van der Waals surface area (Å²) in [4.78, 5) is 13.9. The van der Waals surface area contributed by atoms with Crippen LogP contribution in [-0.2, 0) is 17.5 Å². The molecule has 0 N–H and O–H groups in total. The molecule has 0 aliphatic carbocycles. The average Bonchev–Trinajstić information content (AvgIpc) is 3.11. The molecule has 1 aliphatic rings. The Morgan fingerprint density at radius 2 is 1.89 bits per heavy atom. The van der Waals surface area contributed by atoms with E-state index in [-0.39, 0.29) is 19.1 Å². The number of amides is 1. The quantitative estimate of drug-likeness (QED) is 0.762. The van der Waals surface area contributed by atoms with Crippen LogP contribution < -0.4 is 14.2 Å². The van der Waals surface area contributed by atoms with Crippen LogP contribution in [-0.4, -0.2) is 30.8 Å². The van der Waals surface area contributed by atoms with Crippen LogP contribution in [0.4, 0.5) is 13.2 Å². The minimum Gasteiger partial charge on any atom is -0.483 e. The Morgan fingerprint density at radius 1 is 1.15 bits per heavy atom. The third-order valence-electron chi connectivity index (χ3n) is 4.09. The van der Waals surface area contributed by atoms with Crippen molar-refractivity contribution in [1.29, 1.82) is 0 Å². The van der Waals surface area contributed by atoms with Crippen molar-refractivity contribution in [2.45, 2.75) is 19.6 Å². The Hall–Kier alpha value is -2.90. The first-order valence-electron chi connectivity index (χ1n) is 8.34. The molecule has 0 atom stereocenters. The number of hydrogen-bond donors (Lipinski definition) is 0. The maximum absolute atomic E-state index is 13.0. The van der Waals surface area contributed by atoms with E-state index in [2.05, 4.69) is 0 Å². The molecule has 0 bridgehead atoms. The molecule has 1 aliphatic heterocycles. The van der Waals surface area contributed by atoms with Gasteiger partial charge in [-0.2, -0.15) is 13.2 Å². The molecule has 0 saturated heterocycles. The summed E-state index contributed by atoms with van der Waals surface area (Å²) in [6.45, 7) is 2.13. The van der Waals surface area contributed by atoms with Crippen molar-refractivity contribution in [1.82, 2.24) is 4.90 Å². The lowest BCUT2D eigenvalue weighted by molar-refractivity contribution is -0.141. The first-order valence-corrected chi connectivity index (χ1v) is 8.34. The summed E-state index contributed by atoms with van der Waals surface area (Å²) in [6, 6.07) is 10.2. The third-order valence-corrected chi connectivity index (χ3v) is 4.09. The number of hydrogen-bond acceptors (Lipinski definition) is 4. The molecule has 1 amide bonds. The summed E-state index contributed by atoms with van der Waals surface area (Å²) in [5, 5.41) is 0. The van der Waals surface area contributed by atoms with Crippen LogP contribution in [0.15, 0.2) is 42.5 Å². The SMILES string of the molecule is CCN(Cc1ccc2c(c1)OCO2)C(=O)COc1ccccc1C(F)(F)F. The lowest BCUT2D eigenvalue weighted by Crippen LogP contribution is -2.34. The van der Waals surface area contributed by atoms with Crippen molar-refractivity contribution < 1.29 is 32.2 Å². The molecule has 0 saturated carbocycles. The zero-order chi connectivity index (χ0) is 19.4. The van der Waals surface area contributed by atoms with Gasteiger partial charge in [0.1, 0.15) is 5.75 Å². The predicted molar refractivity (Wildman–Crippen MR) is 90.6 cm³/mol. The van der Waals surface area contributed by atoms with Crippen LogP contribution >= 0.6 is 0 Å². The number of rotatable bonds is 6. The fourth-order valence-electron chi connectivity index (χ4n) is 2.69. The molecule has 1 heterocycles. The van der Waals surface area contributed by atoms with Crippen LogP contribution in [0.2, 0.25) is 0 Å². The van der Waals surface area contributed by atoms with Gasteiger partial charge in [-0.05, 0) is 36.8 Å². The molecule has 0 fully saturated rings. The van der Waals surface area contributed by atoms with Crippen molar-refractivity contribution in [3.05, 3.63) is 53.6 Å². The molecule has 5 nitrogen and oxygen atoms in total. The van der Waals surface area contributed by atoms with Gasteiger partial charge >= 0.3 is 6.18 Å². The number of benzene rings is 2. The molecular weight excluding hydrogens is 363 g/mol. The van der Waals surface area contributed by atoms with E-state index in [1.54, 1.807) is 19.1 Å². The van der Waals surface area contributed by atoms with Gasteiger partial charge in [0.15, 0.2) is 18.1 Å². The fraction of sp³-hybridized carbons (Fsp3) is 0.316. The molecule has 8 heteroatoms. The second kappa shape index (κ2) is 7.77. The highest BCUT2D eigenvalue weighted by molar-refractivity contribution is 5.77. The van der Waals surface area contributed by atoms with Crippen molar-refractivity contribution in [2.75, 3.05) is 19.9 Å². The molecular formula is C19H18F3NO4. The molecule has 0 radical (unpaired) electrons. The standard InChI is InChI=1S/C19H18F3NO4/c1-2-23(10-13-7-8-16-17(9-13)27-12-26-16)18(24)11-25-15-6-4-3-5-14(15)19(20,21)22/h3-9H,2,10-12H2,1H3. The first kappa shape index (κ1) is 18.9. The number of halogens is 3. The Morgan fingerprint density at radius 3 is 2.63 bits per heavy atom. The molecule has 144 valence electrons. The van der Waals surface area contributed by atoms with Crippen molar-refractivity contribution in [3.8, 4) is 17.2 Å². The fourth-order valence-corrected chi connectivity index (χ4v) is 2.69. The van der Waals surface area contributed by atoms with Crippen LogP contribution in [0.25, 0.3) is 0 Å². The normalized spacial score (nSPS) is 12.7. The van der Waals surface area contributed by atoms with E-state index < -0.39 is 24.3 Å². The number of nitrogens with zero attached hydrogens (tertiary/aromatic N) is 1. The topological polar surface area (TPSA) is 48.0 Å². The Balaban J connectivity index is 1.64. The zero-order valence-electron chi connectivity index (χ0n) is 14.6. The highest BCUT2D eigenvalue weighted by atomic mass is 19.4. The summed E-state index contributed by atoms with van der Waals surface area (Å²) < 4.78 is 54.7. The monoisotopic (exact) mass is 381 g/mol. The Labute approximate surface area is 154 Å². The maximum Gasteiger partial charge on any atom is 0.419 e. The summed E-state index contributed by atoms with van der Waals surface area (Å²) in [7, 11) is 0. The minimum atomic E-state index is -4.55. The first-order chi connectivity index (χ1) is 12.9. The van der Waals surface area contributed by atoms with Gasteiger partial charge in [-0.15, -0.1) is 0 Å². The van der Waals surface area contributed by atoms with Gasteiger partial charge in [0.2, 0.25) is 6.79 Å². The molecule has 0 spiro atoms. The van der Waals surface area contributed by atoms with Crippen LogP contribution in [0, 0.1) is 0 Å². The largest absolute Gasteiger partial charge is 0.483 e. The van der Waals surface area contributed by atoms with Gasteiger partial charge in [-0.25, -0.2) is 0 Å². The van der Waals surface area contributed by atoms with Crippen molar-refractivity contribution >= 4 is 5.91 Å². The average molecular weight is 381 g/mol. The highest BCUT2D eigenvalue weighted by Gasteiger charge is 2.34. The molecule has 27 heavy (non-hydrogen) atoms. The van der Waals surface area contributed by atoms with Gasteiger partial charge in [0.25, 0.3) is 5.91 Å². The Kier molecular flexibility index (Phi) is 5.43. The van der Waals surface area contributed by atoms with Gasteiger partial charge in [-0.3, -0.25) is 4.79 Å². The number of alkyl halides is 3. The minimum absolute atomic E-state index is 0.154. The molecule has 3 rings (SSSR count). The molecule has 0 aromatic heterocycles. The summed E-state index contributed by atoms with van der Waals surface area (Å²) in [5.41, 5.74) is -0.0817. The van der Waals surface area contributed by atoms with E-state index in [4.69, 9.17) is 14.2 Å². The smallest absolute Gasteiger partial charge is 0.419 e. The third kappa shape index (κ3) is 4.45. The van der Waals surface area contributed by atoms with Crippen molar-refractivity contribution in [3.63, 3.8) is 0 Å². The van der Waals surface area contributed by atoms with E-state index in [1.165, 1.54) is 23.1 Å². The highest BCUT2D eigenvalue weighted by Crippen LogP contribution is 2.36. The molecule has 2 aromatic rings. The zero-order valence-corrected chi connectivity index (χ0v) is 14.6. The number of fused-ring (bicyclic) bond motifs is 1. The van der Waals surface area contributed by atoms with Crippen LogP contribution in [0.5, 0.6) is 17.2 Å². The Bertz CT molecular complexity index is 823. The number of carbonyl (C=O) groups is 1. The second-order valence-electron chi connectivity index (χ2n) is 5.88. The van der Waals surface area contributed by atoms with E-state index in [0.29, 0.717) is 18.0 Å². The van der Waals surface area contributed by atoms with Gasteiger partial charge in [-0.1, -0.05) is 18.2 Å².